The molecule has 0 bridgehead atoms. The van der Waals surface area contributed by atoms with Gasteiger partial charge in [-0.2, -0.15) is 0 Å². The van der Waals surface area contributed by atoms with Crippen LogP contribution >= 0.6 is 0 Å². The molecule has 5 aromatic carbocycles. The molecule has 1 unspecified atom stereocenters. The lowest BCUT2D eigenvalue weighted by Crippen LogP contribution is -2.13. The summed E-state index contributed by atoms with van der Waals surface area (Å²) in [5.41, 5.74) is 15.0. The average Bonchev–Trinajstić information content (AvgIpc) is 3.56. The molecule has 0 aliphatic heterocycles. The van der Waals surface area contributed by atoms with Crippen LogP contribution in [0.5, 0.6) is 0 Å². The van der Waals surface area contributed by atoms with Crippen molar-refractivity contribution in [2.24, 2.45) is 5.92 Å². The number of para-hydroxylation sites is 1. The quantitative estimate of drug-likeness (QED) is 0.184. The summed E-state index contributed by atoms with van der Waals surface area (Å²) >= 11 is 0. The van der Waals surface area contributed by atoms with Crippen LogP contribution in [0.15, 0.2) is 121 Å². The predicted molar refractivity (Wildman–Crippen MR) is 203 cm³/mol. The van der Waals surface area contributed by atoms with Gasteiger partial charge in [0.15, 0.2) is 0 Å². The van der Waals surface area contributed by atoms with Crippen molar-refractivity contribution < 1.29 is 0 Å². The summed E-state index contributed by atoms with van der Waals surface area (Å²) in [6.07, 6.45) is 10.7. The summed E-state index contributed by atoms with van der Waals surface area (Å²) in [4.78, 5) is 0. The molecule has 47 heavy (non-hydrogen) atoms. The molecule has 7 aromatic rings. The van der Waals surface area contributed by atoms with E-state index in [0.717, 1.165) is 6.42 Å². The zero-order valence-corrected chi connectivity index (χ0v) is 28.3. The predicted octanol–water partition coefficient (Wildman–Crippen LogP) is 12.3. The standard InChI is InChI=1S/C46H41N/c1-45(2,3)36-18-14-28(15-19-36)30-10-12-32-24-40-38-8-7-9-39-41-25-33-13-11-31(29-16-20-37(21-17-29)46(4,5)6)23-35(33)27-43(41)47(44(38)39)42(40)26-34(32)22-30/h7-24,26-27,33H,25H2,1-6H3. The lowest BCUT2D eigenvalue weighted by atomic mass is 9.80. The highest BCUT2D eigenvalue weighted by molar-refractivity contribution is 6.19. The molecular weight excluding hydrogens is 567 g/mol. The van der Waals surface area contributed by atoms with E-state index >= 15 is 0 Å². The summed E-state index contributed by atoms with van der Waals surface area (Å²) in [6.45, 7) is 13.7. The Morgan fingerprint density at radius 3 is 1.96 bits per heavy atom. The number of hydrogen-bond donors (Lipinski definition) is 0. The van der Waals surface area contributed by atoms with Crippen molar-refractivity contribution >= 4 is 49.6 Å². The van der Waals surface area contributed by atoms with E-state index in [1.54, 1.807) is 0 Å². The third-order valence-corrected chi connectivity index (χ3v) is 10.8. The fourth-order valence-corrected chi connectivity index (χ4v) is 8.00. The first-order chi connectivity index (χ1) is 22.5. The van der Waals surface area contributed by atoms with Crippen LogP contribution in [0.1, 0.15) is 69.5 Å². The Balaban J connectivity index is 1.19. The Kier molecular flexibility index (Phi) is 5.92. The van der Waals surface area contributed by atoms with Gasteiger partial charge < -0.3 is 4.40 Å². The minimum Gasteiger partial charge on any atom is -0.308 e. The maximum absolute atomic E-state index is 2.56. The molecule has 2 aliphatic rings. The number of nitrogens with zero attached hydrogens (tertiary/aromatic N) is 1. The molecule has 2 aromatic heterocycles. The molecular formula is C46H41N. The highest BCUT2D eigenvalue weighted by Crippen LogP contribution is 2.45. The van der Waals surface area contributed by atoms with Crippen LogP contribution in [0.2, 0.25) is 0 Å². The highest BCUT2D eigenvalue weighted by atomic mass is 14.9. The van der Waals surface area contributed by atoms with Gasteiger partial charge in [0.25, 0.3) is 0 Å². The van der Waals surface area contributed by atoms with E-state index in [1.165, 1.54) is 88.2 Å². The van der Waals surface area contributed by atoms with Crippen molar-refractivity contribution in [1.29, 1.82) is 0 Å². The molecule has 1 atom stereocenters. The fourth-order valence-electron chi connectivity index (χ4n) is 8.00. The Labute approximate surface area is 277 Å². The lowest BCUT2D eigenvalue weighted by Gasteiger charge is -2.25. The third-order valence-electron chi connectivity index (χ3n) is 10.8. The first kappa shape index (κ1) is 28.4. The van der Waals surface area contributed by atoms with Gasteiger partial charge in [-0.25, -0.2) is 0 Å². The minimum absolute atomic E-state index is 0.150. The SMILES string of the molecule is CC(C)(C)c1ccc(C2=CC3=Cc4c(c5cccc6c7cc8ccc(-c9ccc(C(C)(C)C)cc9)cc8cc7n4c56)CC3C=C2)cc1. The normalized spacial score (nSPS) is 16.6. The summed E-state index contributed by atoms with van der Waals surface area (Å²) < 4.78 is 2.56. The summed E-state index contributed by atoms with van der Waals surface area (Å²) in [5.74, 6) is 0.408. The van der Waals surface area contributed by atoms with Crippen LogP contribution in [0, 0.1) is 5.92 Å². The molecule has 0 amide bonds. The van der Waals surface area contributed by atoms with Crippen LogP contribution in [-0.2, 0) is 17.3 Å². The van der Waals surface area contributed by atoms with Crippen LogP contribution in [0.25, 0.3) is 60.7 Å². The van der Waals surface area contributed by atoms with Gasteiger partial charge in [-0.05, 0) is 96.8 Å². The van der Waals surface area contributed by atoms with Crippen molar-refractivity contribution in [1.82, 2.24) is 4.40 Å². The maximum atomic E-state index is 2.56. The Morgan fingerprint density at radius 2 is 1.26 bits per heavy atom. The maximum Gasteiger partial charge on any atom is 0.0617 e. The average molecular weight is 608 g/mol. The molecule has 1 heteroatoms. The van der Waals surface area contributed by atoms with Crippen molar-refractivity contribution in [2.45, 2.75) is 58.8 Å². The number of aromatic nitrogens is 1. The van der Waals surface area contributed by atoms with Crippen molar-refractivity contribution in [3.63, 3.8) is 0 Å². The van der Waals surface area contributed by atoms with E-state index in [9.17, 15) is 0 Å². The van der Waals surface area contributed by atoms with Gasteiger partial charge >= 0.3 is 0 Å². The molecule has 0 radical (unpaired) electrons. The number of benzene rings is 5. The lowest BCUT2D eigenvalue weighted by molar-refractivity contribution is 0.590. The van der Waals surface area contributed by atoms with Crippen molar-refractivity contribution in [3.8, 4) is 11.1 Å². The zero-order chi connectivity index (χ0) is 32.2. The van der Waals surface area contributed by atoms with Gasteiger partial charge in [-0.15, -0.1) is 0 Å². The largest absolute Gasteiger partial charge is 0.308 e. The number of hydrogen-bond acceptors (Lipinski definition) is 0. The van der Waals surface area contributed by atoms with Crippen LogP contribution in [0.3, 0.4) is 0 Å². The van der Waals surface area contributed by atoms with Gasteiger partial charge in [-0.1, -0.05) is 139 Å². The van der Waals surface area contributed by atoms with E-state index < -0.39 is 0 Å². The molecule has 0 saturated carbocycles. The molecule has 0 saturated heterocycles. The fraction of sp³-hybridized carbons (Fsp3) is 0.217. The minimum atomic E-state index is 0.150. The van der Waals surface area contributed by atoms with Gasteiger partial charge in [-0.3, -0.25) is 0 Å². The molecule has 2 aliphatic carbocycles. The van der Waals surface area contributed by atoms with Crippen LogP contribution < -0.4 is 0 Å². The third kappa shape index (κ3) is 4.43. The monoisotopic (exact) mass is 607 g/mol. The molecule has 2 heterocycles. The first-order valence-corrected chi connectivity index (χ1v) is 17.1. The highest BCUT2D eigenvalue weighted by Gasteiger charge is 2.28. The summed E-state index contributed by atoms with van der Waals surface area (Å²) in [6, 6.07) is 37.0. The summed E-state index contributed by atoms with van der Waals surface area (Å²) in [5, 5.41) is 6.66. The molecule has 0 fully saturated rings. The van der Waals surface area contributed by atoms with Gasteiger partial charge in [0.1, 0.15) is 0 Å². The topological polar surface area (TPSA) is 4.41 Å². The van der Waals surface area contributed by atoms with Gasteiger partial charge in [0, 0.05) is 22.1 Å². The molecule has 9 rings (SSSR count). The van der Waals surface area contributed by atoms with Crippen LogP contribution in [0.4, 0.5) is 0 Å². The molecule has 0 spiro atoms. The van der Waals surface area contributed by atoms with Crippen LogP contribution in [-0.4, -0.2) is 4.40 Å². The second-order valence-corrected chi connectivity index (χ2v) is 15.9. The first-order valence-electron chi connectivity index (χ1n) is 17.1. The Hall–Kier alpha value is -4.88. The summed E-state index contributed by atoms with van der Waals surface area (Å²) in [7, 11) is 0. The number of fused-ring (bicyclic) bond motifs is 8. The van der Waals surface area contributed by atoms with E-state index in [0.29, 0.717) is 5.92 Å². The smallest absolute Gasteiger partial charge is 0.0617 e. The second kappa shape index (κ2) is 9.81. The molecule has 0 N–H and O–H groups in total. The van der Waals surface area contributed by atoms with Crippen molar-refractivity contribution in [2.75, 3.05) is 0 Å². The molecule has 1 nitrogen and oxygen atoms in total. The van der Waals surface area contributed by atoms with E-state index in [-0.39, 0.29) is 10.8 Å². The van der Waals surface area contributed by atoms with E-state index in [2.05, 4.69) is 167 Å². The Bertz CT molecular complexity index is 2460. The van der Waals surface area contributed by atoms with E-state index in [1.807, 2.05) is 0 Å². The molecule has 230 valence electrons. The second-order valence-electron chi connectivity index (χ2n) is 15.9. The van der Waals surface area contributed by atoms with Gasteiger partial charge in [0.05, 0.1) is 16.7 Å². The van der Waals surface area contributed by atoms with Crippen molar-refractivity contribution in [3.05, 3.63) is 149 Å². The number of rotatable bonds is 2. The van der Waals surface area contributed by atoms with Gasteiger partial charge in [0.2, 0.25) is 0 Å². The number of allylic oxidation sites excluding steroid dienone is 5. The van der Waals surface area contributed by atoms with E-state index in [4.69, 9.17) is 0 Å². The zero-order valence-electron chi connectivity index (χ0n) is 28.3. The Morgan fingerprint density at radius 1 is 0.596 bits per heavy atom.